The van der Waals surface area contributed by atoms with Crippen molar-refractivity contribution in [3.05, 3.63) is 11.5 Å². The highest BCUT2D eigenvalue weighted by Crippen LogP contribution is 2.18. The first-order chi connectivity index (χ1) is 9.61. The molecule has 2 rings (SSSR count). The van der Waals surface area contributed by atoms with E-state index >= 15 is 0 Å². The lowest BCUT2D eigenvalue weighted by atomic mass is 10.1. The monoisotopic (exact) mass is 298 g/mol. The van der Waals surface area contributed by atoms with E-state index in [0.717, 1.165) is 0 Å². The van der Waals surface area contributed by atoms with Crippen LogP contribution in [-0.2, 0) is 9.53 Å². The third kappa shape index (κ3) is 3.41. The smallest absolute Gasteiger partial charge is 0.243 e. The number of hydrogen-bond acceptors (Lipinski definition) is 6. The van der Waals surface area contributed by atoms with Gasteiger partial charge >= 0.3 is 0 Å². The molecule has 0 aliphatic rings. The summed E-state index contributed by atoms with van der Waals surface area (Å²) >= 11 is 5.95. The first-order valence-electron chi connectivity index (χ1n) is 6.04. The molecule has 8 nitrogen and oxygen atoms in total. The molecule has 0 aromatic carbocycles. The fourth-order valence-electron chi connectivity index (χ4n) is 1.64. The highest BCUT2D eigenvalue weighted by Gasteiger charge is 2.16. The summed E-state index contributed by atoms with van der Waals surface area (Å²) in [6.07, 6.45) is 2.66. The van der Waals surface area contributed by atoms with Crippen LogP contribution < -0.4 is 11.1 Å². The van der Waals surface area contributed by atoms with E-state index in [1.165, 1.54) is 6.33 Å². The molecule has 0 fully saturated rings. The van der Waals surface area contributed by atoms with Gasteiger partial charge in [0, 0.05) is 13.7 Å². The molecule has 1 amide bonds. The van der Waals surface area contributed by atoms with Gasteiger partial charge in [0.05, 0.1) is 12.4 Å². The minimum atomic E-state index is -0.651. The van der Waals surface area contributed by atoms with E-state index in [1.54, 1.807) is 7.11 Å². The molecule has 0 spiro atoms. The average Bonchev–Trinajstić information content (AvgIpc) is 2.87. The molecule has 9 heteroatoms. The Labute approximate surface area is 120 Å². The first kappa shape index (κ1) is 14.6. The number of carbonyl (C=O) groups excluding carboxylic acids is 1. The minimum absolute atomic E-state index is 0.0850. The zero-order chi connectivity index (χ0) is 14.5. The lowest BCUT2D eigenvalue weighted by molar-refractivity contribution is -0.117. The van der Waals surface area contributed by atoms with Gasteiger partial charge in [-0.2, -0.15) is 9.97 Å². The van der Waals surface area contributed by atoms with Gasteiger partial charge in [0.15, 0.2) is 10.8 Å². The molecule has 0 aliphatic carbocycles. The number of aromatic nitrogens is 4. The summed E-state index contributed by atoms with van der Waals surface area (Å²) < 4.78 is 4.90. The Morgan fingerprint density at radius 1 is 1.60 bits per heavy atom. The second-order valence-corrected chi connectivity index (χ2v) is 4.53. The number of carbonyl (C=O) groups is 1. The lowest BCUT2D eigenvalue weighted by Crippen LogP contribution is -2.36. The van der Waals surface area contributed by atoms with Crippen molar-refractivity contribution in [2.45, 2.75) is 18.9 Å². The van der Waals surface area contributed by atoms with E-state index in [-0.39, 0.29) is 17.0 Å². The highest BCUT2D eigenvalue weighted by atomic mass is 35.5. The van der Waals surface area contributed by atoms with Gasteiger partial charge in [-0.05, 0) is 12.8 Å². The maximum atomic E-state index is 11.9. The lowest BCUT2D eigenvalue weighted by Gasteiger charge is -2.10. The van der Waals surface area contributed by atoms with Crippen molar-refractivity contribution in [2.75, 3.05) is 19.0 Å². The van der Waals surface area contributed by atoms with Gasteiger partial charge < -0.3 is 15.5 Å². The maximum Gasteiger partial charge on any atom is 0.243 e. The highest BCUT2D eigenvalue weighted by molar-refractivity contribution is 6.33. The largest absolute Gasteiger partial charge is 0.385 e. The Bertz CT molecular complexity index is 602. The van der Waals surface area contributed by atoms with Crippen molar-refractivity contribution in [3.63, 3.8) is 0 Å². The molecule has 2 aromatic rings. The number of fused-ring (bicyclic) bond motifs is 1. The van der Waals surface area contributed by atoms with Crippen molar-refractivity contribution in [1.29, 1.82) is 0 Å². The molecular weight excluding hydrogens is 284 g/mol. The van der Waals surface area contributed by atoms with Crippen LogP contribution in [0.1, 0.15) is 12.8 Å². The molecule has 108 valence electrons. The summed E-state index contributed by atoms with van der Waals surface area (Å²) in [7, 11) is 1.60. The van der Waals surface area contributed by atoms with Gasteiger partial charge in [0.2, 0.25) is 11.9 Å². The molecule has 1 atom stereocenters. The van der Waals surface area contributed by atoms with E-state index in [0.29, 0.717) is 30.6 Å². The van der Waals surface area contributed by atoms with Crippen LogP contribution in [0.25, 0.3) is 11.2 Å². The number of nitrogens with one attached hydrogen (secondary N) is 2. The van der Waals surface area contributed by atoms with Crippen LogP contribution in [0.2, 0.25) is 5.15 Å². The van der Waals surface area contributed by atoms with Crippen LogP contribution in [0.15, 0.2) is 6.33 Å². The number of hydrogen-bond donors (Lipinski definition) is 3. The van der Waals surface area contributed by atoms with Crippen LogP contribution in [0.3, 0.4) is 0 Å². The average molecular weight is 299 g/mol. The SMILES string of the molecule is COCCCC(N)C(=O)Nc1nc(Cl)c2[nH]cnc2n1. The molecule has 0 saturated heterocycles. The van der Waals surface area contributed by atoms with Crippen molar-refractivity contribution in [1.82, 2.24) is 19.9 Å². The van der Waals surface area contributed by atoms with Gasteiger partial charge in [-0.3, -0.25) is 10.1 Å². The van der Waals surface area contributed by atoms with Crippen LogP contribution in [0.5, 0.6) is 0 Å². The Morgan fingerprint density at radius 3 is 3.15 bits per heavy atom. The van der Waals surface area contributed by atoms with Gasteiger partial charge in [-0.15, -0.1) is 0 Å². The molecule has 20 heavy (non-hydrogen) atoms. The maximum absolute atomic E-state index is 11.9. The molecule has 0 saturated carbocycles. The number of nitrogens with zero attached hydrogens (tertiary/aromatic N) is 3. The van der Waals surface area contributed by atoms with Crippen molar-refractivity contribution < 1.29 is 9.53 Å². The van der Waals surface area contributed by atoms with Crippen LogP contribution in [-0.4, -0.2) is 45.6 Å². The molecule has 2 aromatic heterocycles. The quantitative estimate of drug-likeness (QED) is 0.533. The van der Waals surface area contributed by atoms with Crippen LogP contribution >= 0.6 is 11.6 Å². The Morgan fingerprint density at radius 2 is 2.40 bits per heavy atom. The minimum Gasteiger partial charge on any atom is -0.385 e. The fraction of sp³-hybridized carbons (Fsp3) is 0.455. The molecule has 0 bridgehead atoms. The predicted molar refractivity (Wildman–Crippen MR) is 74.4 cm³/mol. The van der Waals surface area contributed by atoms with Gasteiger partial charge in [-0.1, -0.05) is 11.6 Å². The van der Waals surface area contributed by atoms with Crippen LogP contribution in [0.4, 0.5) is 5.95 Å². The second-order valence-electron chi connectivity index (χ2n) is 4.17. The number of aromatic amines is 1. The topological polar surface area (TPSA) is 119 Å². The van der Waals surface area contributed by atoms with E-state index in [1.807, 2.05) is 0 Å². The molecule has 0 aliphatic heterocycles. The number of imidazole rings is 1. The Hall–Kier alpha value is -1.77. The van der Waals surface area contributed by atoms with E-state index in [2.05, 4.69) is 25.3 Å². The number of amides is 1. The molecule has 2 heterocycles. The molecular formula is C11H15ClN6O2. The zero-order valence-electron chi connectivity index (χ0n) is 10.9. The number of H-pyrrole nitrogens is 1. The van der Waals surface area contributed by atoms with Gasteiger partial charge in [0.1, 0.15) is 5.52 Å². The Balaban J connectivity index is 2.02. The standard InChI is InChI=1S/C11H15ClN6O2/c1-20-4-2-3-6(13)10(19)18-11-16-8(12)7-9(17-11)15-5-14-7/h5-6H,2-4,13H2,1H3,(H2,14,15,16,17,18,19). The van der Waals surface area contributed by atoms with E-state index in [9.17, 15) is 4.79 Å². The first-order valence-corrected chi connectivity index (χ1v) is 6.41. The molecule has 0 radical (unpaired) electrons. The summed E-state index contributed by atoms with van der Waals surface area (Å²) in [6.45, 7) is 0.558. The van der Waals surface area contributed by atoms with Crippen molar-refractivity contribution in [3.8, 4) is 0 Å². The summed E-state index contributed by atoms with van der Waals surface area (Å²) in [6, 6.07) is -0.651. The summed E-state index contributed by atoms with van der Waals surface area (Å²) in [5.41, 5.74) is 6.66. The summed E-state index contributed by atoms with van der Waals surface area (Å²) in [4.78, 5) is 26.7. The number of nitrogens with two attached hydrogens (primary N) is 1. The van der Waals surface area contributed by atoms with E-state index < -0.39 is 6.04 Å². The third-order valence-corrected chi connectivity index (χ3v) is 2.95. The number of rotatable bonds is 6. The summed E-state index contributed by atoms with van der Waals surface area (Å²) in [5, 5.41) is 2.72. The van der Waals surface area contributed by atoms with Crippen molar-refractivity contribution in [2.24, 2.45) is 5.73 Å². The second kappa shape index (κ2) is 6.60. The summed E-state index contributed by atoms with van der Waals surface area (Å²) in [5.74, 6) is -0.283. The Kier molecular flexibility index (Phi) is 4.83. The number of anilines is 1. The van der Waals surface area contributed by atoms with Gasteiger partial charge in [0.25, 0.3) is 0 Å². The molecule has 4 N–H and O–H groups in total. The normalized spacial score (nSPS) is 12.6. The fourth-order valence-corrected chi connectivity index (χ4v) is 1.85. The van der Waals surface area contributed by atoms with Crippen LogP contribution in [0, 0.1) is 0 Å². The zero-order valence-corrected chi connectivity index (χ0v) is 11.6. The van der Waals surface area contributed by atoms with Gasteiger partial charge in [-0.25, -0.2) is 4.98 Å². The third-order valence-electron chi connectivity index (χ3n) is 2.68. The molecule has 1 unspecified atom stereocenters. The predicted octanol–water partition coefficient (Wildman–Crippen LogP) is 0.699. The van der Waals surface area contributed by atoms with E-state index in [4.69, 9.17) is 22.1 Å². The number of ether oxygens (including phenoxy) is 1. The number of methoxy groups -OCH3 is 1. The van der Waals surface area contributed by atoms with Crippen molar-refractivity contribution >= 4 is 34.6 Å². The number of halogens is 1.